The van der Waals surface area contributed by atoms with Crippen LogP contribution < -0.4 is 11.1 Å². The highest BCUT2D eigenvalue weighted by molar-refractivity contribution is 5.46. The quantitative estimate of drug-likeness (QED) is 0.878. The van der Waals surface area contributed by atoms with Crippen molar-refractivity contribution >= 4 is 5.69 Å². The fraction of sp³-hybridized carbons (Fsp3) is 0.600. The summed E-state index contributed by atoms with van der Waals surface area (Å²) in [6, 6.07) is 7.86. The summed E-state index contributed by atoms with van der Waals surface area (Å²) < 4.78 is 13.0. The summed E-state index contributed by atoms with van der Waals surface area (Å²) >= 11 is 0. The molecule has 104 valence electrons. The normalized spacial score (nSPS) is 34.5. The number of rotatable bonds is 3. The molecule has 0 spiro atoms. The van der Waals surface area contributed by atoms with E-state index in [0.717, 1.165) is 18.5 Å². The number of fused-ring (bicyclic) bond motifs is 2. The van der Waals surface area contributed by atoms with Crippen molar-refractivity contribution in [1.82, 2.24) is 4.90 Å². The van der Waals surface area contributed by atoms with Gasteiger partial charge in [-0.05, 0) is 57.0 Å². The number of halogens is 1. The van der Waals surface area contributed by atoms with Gasteiger partial charge in [0.05, 0.1) is 5.54 Å². The molecule has 2 aliphatic rings. The minimum atomic E-state index is -0.198. The summed E-state index contributed by atoms with van der Waals surface area (Å²) in [5.74, 6) is -0.198. The number of hydrogen-bond donors (Lipinski definition) is 2. The smallest absolute Gasteiger partial charge is 0.123 e. The first kappa shape index (κ1) is 12.9. The van der Waals surface area contributed by atoms with Crippen LogP contribution in [0.25, 0.3) is 0 Å². The molecule has 19 heavy (non-hydrogen) atoms. The molecule has 2 heterocycles. The van der Waals surface area contributed by atoms with Crippen molar-refractivity contribution in [1.29, 1.82) is 0 Å². The molecule has 1 aromatic rings. The molecule has 0 aromatic heterocycles. The van der Waals surface area contributed by atoms with Crippen molar-refractivity contribution in [2.45, 2.75) is 43.3 Å². The minimum Gasteiger partial charge on any atom is -0.378 e. The summed E-state index contributed by atoms with van der Waals surface area (Å²) in [6.45, 7) is 0.630. The van der Waals surface area contributed by atoms with E-state index in [9.17, 15) is 4.39 Å². The average Bonchev–Trinajstić information content (AvgIpc) is 2.65. The Morgan fingerprint density at radius 3 is 2.37 bits per heavy atom. The number of benzene rings is 1. The minimum absolute atomic E-state index is 0.0316. The Morgan fingerprint density at radius 1 is 1.26 bits per heavy atom. The van der Waals surface area contributed by atoms with E-state index in [-0.39, 0.29) is 11.4 Å². The van der Waals surface area contributed by atoms with E-state index in [0.29, 0.717) is 18.6 Å². The van der Waals surface area contributed by atoms with Gasteiger partial charge in [0.25, 0.3) is 0 Å². The van der Waals surface area contributed by atoms with Crippen LogP contribution in [-0.2, 0) is 0 Å². The highest BCUT2D eigenvalue weighted by atomic mass is 19.1. The predicted octanol–water partition coefficient (Wildman–Crippen LogP) is 2.19. The lowest BCUT2D eigenvalue weighted by Crippen LogP contribution is -2.57. The van der Waals surface area contributed by atoms with Crippen molar-refractivity contribution in [3.05, 3.63) is 30.1 Å². The van der Waals surface area contributed by atoms with Crippen molar-refractivity contribution < 1.29 is 4.39 Å². The molecule has 2 saturated heterocycles. The van der Waals surface area contributed by atoms with Gasteiger partial charge in [0.15, 0.2) is 0 Å². The molecule has 2 aliphatic heterocycles. The van der Waals surface area contributed by atoms with E-state index in [2.05, 4.69) is 17.3 Å². The van der Waals surface area contributed by atoms with E-state index >= 15 is 0 Å². The third kappa shape index (κ3) is 2.35. The van der Waals surface area contributed by atoms with Crippen LogP contribution in [-0.4, -0.2) is 36.1 Å². The van der Waals surface area contributed by atoms with Crippen molar-refractivity contribution in [3.63, 3.8) is 0 Å². The fourth-order valence-corrected chi connectivity index (χ4v) is 3.73. The number of nitrogens with zero attached hydrogens (tertiary/aromatic N) is 1. The number of nitrogens with one attached hydrogen (secondary N) is 1. The van der Waals surface area contributed by atoms with Gasteiger partial charge in [-0.15, -0.1) is 0 Å². The molecule has 0 amide bonds. The van der Waals surface area contributed by atoms with Gasteiger partial charge in [-0.3, -0.25) is 0 Å². The van der Waals surface area contributed by atoms with Crippen molar-refractivity contribution in [2.24, 2.45) is 5.73 Å². The lowest BCUT2D eigenvalue weighted by molar-refractivity contribution is 0.127. The van der Waals surface area contributed by atoms with Crippen molar-refractivity contribution in [3.8, 4) is 0 Å². The van der Waals surface area contributed by atoms with Crippen LogP contribution in [0.3, 0.4) is 0 Å². The molecule has 3 N–H and O–H groups in total. The van der Waals surface area contributed by atoms with Crippen LogP contribution in [0.1, 0.15) is 25.7 Å². The zero-order valence-corrected chi connectivity index (χ0v) is 11.4. The lowest BCUT2D eigenvalue weighted by Gasteiger charge is -2.45. The second kappa shape index (κ2) is 4.76. The van der Waals surface area contributed by atoms with Crippen LogP contribution in [0.4, 0.5) is 10.1 Å². The monoisotopic (exact) mass is 263 g/mol. The Balaban J connectivity index is 1.79. The predicted molar refractivity (Wildman–Crippen MR) is 75.6 cm³/mol. The van der Waals surface area contributed by atoms with E-state index in [4.69, 9.17) is 5.73 Å². The fourth-order valence-electron chi connectivity index (χ4n) is 3.73. The second-order valence-corrected chi connectivity index (χ2v) is 6.08. The average molecular weight is 263 g/mol. The lowest BCUT2D eigenvalue weighted by atomic mass is 9.82. The zero-order valence-electron chi connectivity index (χ0n) is 11.4. The Morgan fingerprint density at radius 2 is 1.84 bits per heavy atom. The van der Waals surface area contributed by atoms with E-state index < -0.39 is 0 Å². The number of anilines is 1. The molecule has 0 aliphatic carbocycles. The van der Waals surface area contributed by atoms with E-state index in [1.54, 1.807) is 12.1 Å². The van der Waals surface area contributed by atoms with Gasteiger partial charge in [0.2, 0.25) is 0 Å². The SMILES string of the molecule is CN1C2CCC1CC(CN)(Nc1ccc(F)cc1)C2. The van der Waals surface area contributed by atoms with Gasteiger partial charge in [0.1, 0.15) is 5.82 Å². The maximum Gasteiger partial charge on any atom is 0.123 e. The van der Waals surface area contributed by atoms with Gasteiger partial charge in [-0.25, -0.2) is 4.39 Å². The molecule has 3 nitrogen and oxygen atoms in total. The molecule has 2 atom stereocenters. The molecule has 3 rings (SSSR count). The first-order chi connectivity index (χ1) is 9.12. The molecule has 2 unspecified atom stereocenters. The van der Waals surface area contributed by atoms with E-state index in [1.165, 1.54) is 25.0 Å². The maximum atomic E-state index is 13.0. The molecule has 2 bridgehead atoms. The first-order valence-corrected chi connectivity index (χ1v) is 7.08. The van der Waals surface area contributed by atoms with Crippen LogP contribution in [0.15, 0.2) is 24.3 Å². The zero-order chi connectivity index (χ0) is 13.5. The number of nitrogens with two attached hydrogens (primary N) is 1. The Kier molecular flexibility index (Phi) is 3.23. The maximum absolute atomic E-state index is 13.0. The first-order valence-electron chi connectivity index (χ1n) is 7.08. The summed E-state index contributed by atoms with van der Waals surface area (Å²) in [5.41, 5.74) is 7.00. The number of piperidine rings is 1. The molecule has 4 heteroatoms. The highest BCUT2D eigenvalue weighted by Gasteiger charge is 2.46. The van der Waals surface area contributed by atoms with Crippen LogP contribution in [0.2, 0.25) is 0 Å². The topological polar surface area (TPSA) is 41.3 Å². The highest BCUT2D eigenvalue weighted by Crippen LogP contribution is 2.40. The standard InChI is InChI=1S/C15H22FN3/c1-19-13-6-7-14(19)9-15(8-13,10-17)18-12-4-2-11(16)3-5-12/h2-5,13-14,18H,6-10,17H2,1H3. The molecule has 1 aromatic carbocycles. The second-order valence-electron chi connectivity index (χ2n) is 6.08. The largest absolute Gasteiger partial charge is 0.378 e. The van der Waals surface area contributed by atoms with Gasteiger partial charge in [0, 0.05) is 24.3 Å². The third-order valence-corrected chi connectivity index (χ3v) is 4.88. The Hall–Kier alpha value is -1.13. The van der Waals surface area contributed by atoms with E-state index in [1.807, 2.05) is 0 Å². The van der Waals surface area contributed by atoms with Gasteiger partial charge < -0.3 is 16.0 Å². The number of hydrogen-bond acceptors (Lipinski definition) is 3. The molecule has 2 fully saturated rings. The molecular formula is C15H22FN3. The Bertz CT molecular complexity index is 431. The third-order valence-electron chi connectivity index (χ3n) is 4.88. The van der Waals surface area contributed by atoms with Crippen molar-refractivity contribution in [2.75, 3.05) is 18.9 Å². The van der Waals surface area contributed by atoms with Gasteiger partial charge in [-0.2, -0.15) is 0 Å². The van der Waals surface area contributed by atoms with Crippen LogP contribution in [0, 0.1) is 5.82 Å². The van der Waals surface area contributed by atoms with Gasteiger partial charge in [-0.1, -0.05) is 0 Å². The molecular weight excluding hydrogens is 241 g/mol. The molecule has 0 radical (unpaired) electrons. The van der Waals surface area contributed by atoms with Crippen LogP contribution >= 0.6 is 0 Å². The van der Waals surface area contributed by atoms with Gasteiger partial charge >= 0.3 is 0 Å². The summed E-state index contributed by atoms with van der Waals surface area (Å²) in [7, 11) is 2.22. The Labute approximate surface area is 114 Å². The summed E-state index contributed by atoms with van der Waals surface area (Å²) in [5, 5.41) is 3.57. The van der Waals surface area contributed by atoms with Crippen LogP contribution in [0.5, 0.6) is 0 Å². The summed E-state index contributed by atoms with van der Waals surface area (Å²) in [6.07, 6.45) is 4.70. The molecule has 0 saturated carbocycles. The summed E-state index contributed by atoms with van der Waals surface area (Å²) in [4.78, 5) is 2.50.